The summed E-state index contributed by atoms with van der Waals surface area (Å²) < 4.78 is 11.1. The molecule has 66 valence electrons. The second kappa shape index (κ2) is 3.42. The molecular formula is C8H15BrO2. The summed E-state index contributed by atoms with van der Waals surface area (Å²) in [6.45, 7) is 7.07. The molecule has 0 aromatic carbocycles. The van der Waals surface area contributed by atoms with Gasteiger partial charge < -0.3 is 9.47 Å². The van der Waals surface area contributed by atoms with Crippen LogP contribution in [0.5, 0.6) is 0 Å². The van der Waals surface area contributed by atoms with E-state index in [-0.39, 0.29) is 17.8 Å². The van der Waals surface area contributed by atoms with E-state index < -0.39 is 0 Å². The first-order valence-corrected chi connectivity index (χ1v) is 4.99. The van der Waals surface area contributed by atoms with E-state index in [9.17, 15) is 0 Å². The Labute approximate surface area is 76.4 Å². The predicted octanol–water partition coefficient (Wildman–Crippen LogP) is 2.17. The Hall–Kier alpha value is 0.400. The van der Waals surface area contributed by atoms with Crippen molar-refractivity contribution in [3.05, 3.63) is 0 Å². The molecule has 0 aliphatic carbocycles. The Balaban J connectivity index is 2.42. The van der Waals surface area contributed by atoms with Gasteiger partial charge in [0.15, 0.2) is 6.29 Å². The van der Waals surface area contributed by atoms with E-state index in [2.05, 4.69) is 36.7 Å². The number of alkyl halides is 1. The molecule has 0 spiro atoms. The predicted molar refractivity (Wildman–Crippen MR) is 47.9 cm³/mol. The van der Waals surface area contributed by atoms with Crippen molar-refractivity contribution in [2.45, 2.75) is 33.2 Å². The molecule has 2 atom stereocenters. The summed E-state index contributed by atoms with van der Waals surface area (Å²) in [6, 6.07) is 0. The van der Waals surface area contributed by atoms with E-state index in [0.29, 0.717) is 6.61 Å². The Morgan fingerprint density at radius 3 is 2.36 bits per heavy atom. The van der Waals surface area contributed by atoms with Crippen LogP contribution in [0.3, 0.4) is 0 Å². The van der Waals surface area contributed by atoms with Crippen molar-refractivity contribution >= 4 is 15.9 Å². The van der Waals surface area contributed by atoms with Crippen LogP contribution in [-0.2, 0) is 9.47 Å². The quantitative estimate of drug-likeness (QED) is 0.634. The fraction of sp³-hybridized carbons (Fsp3) is 1.00. The molecule has 1 fully saturated rings. The first kappa shape index (κ1) is 9.49. The zero-order chi connectivity index (χ0) is 8.48. The van der Waals surface area contributed by atoms with E-state index in [1.54, 1.807) is 0 Å². The third kappa shape index (κ3) is 2.42. The maximum absolute atomic E-state index is 5.61. The molecule has 3 heteroatoms. The van der Waals surface area contributed by atoms with Crippen LogP contribution in [0.25, 0.3) is 0 Å². The highest BCUT2D eigenvalue weighted by molar-refractivity contribution is 9.09. The van der Waals surface area contributed by atoms with Gasteiger partial charge in [0.1, 0.15) is 0 Å². The Bertz CT molecular complexity index is 131. The highest BCUT2D eigenvalue weighted by Crippen LogP contribution is 2.28. The molecule has 1 saturated heterocycles. The van der Waals surface area contributed by atoms with Crippen molar-refractivity contribution in [2.24, 2.45) is 5.41 Å². The first-order valence-electron chi connectivity index (χ1n) is 3.87. The van der Waals surface area contributed by atoms with E-state index in [1.807, 2.05) is 0 Å². The van der Waals surface area contributed by atoms with Crippen LogP contribution < -0.4 is 0 Å². The standard InChI is InChI=1S/C8H15BrO2/c1-8(2,3)7-10-5-6(4-9)11-7/h6-7H,4-5H2,1-3H3. The van der Waals surface area contributed by atoms with Gasteiger partial charge in [-0.1, -0.05) is 36.7 Å². The summed E-state index contributed by atoms with van der Waals surface area (Å²) in [7, 11) is 0. The number of halogens is 1. The third-order valence-electron chi connectivity index (χ3n) is 1.63. The molecule has 11 heavy (non-hydrogen) atoms. The highest BCUT2D eigenvalue weighted by atomic mass is 79.9. The maximum Gasteiger partial charge on any atom is 0.162 e. The Morgan fingerprint density at radius 1 is 1.45 bits per heavy atom. The summed E-state index contributed by atoms with van der Waals surface area (Å²) in [5, 5.41) is 0.861. The molecule has 0 aromatic heterocycles. The van der Waals surface area contributed by atoms with Crippen LogP contribution >= 0.6 is 15.9 Å². The third-order valence-corrected chi connectivity index (χ3v) is 2.35. The first-order chi connectivity index (χ1) is 5.04. The van der Waals surface area contributed by atoms with Gasteiger partial charge in [0.25, 0.3) is 0 Å². The maximum atomic E-state index is 5.61. The van der Waals surface area contributed by atoms with Crippen molar-refractivity contribution in [1.82, 2.24) is 0 Å². The van der Waals surface area contributed by atoms with Gasteiger partial charge in [-0.2, -0.15) is 0 Å². The lowest BCUT2D eigenvalue weighted by Crippen LogP contribution is -2.27. The average Bonchev–Trinajstić information content (AvgIpc) is 2.32. The summed E-state index contributed by atoms with van der Waals surface area (Å²) >= 11 is 3.37. The summed E-state index contributed by atoms with van der Waals surface area (Å²) in [4.78, 5) is 0. The van der Waals surface area contributed by atoms with Crippen molar-refractivity contribution in [1.29, 1.82) is 0 Å². The minimum Gasteiger partial charge on any atom is -0.349 e. The molecule has 0 radical (unpaired) electrons. The number of hydrogen-bond acceptors (Lipinski definition) is 2. The molecular weight excluding hydrogens is 208 g/mol. The topological polar surface area (TPSA) is 18.5 Å². The lowest BCUT2D eigenvalue weighted by Gasteiger charge is -2.24. The number of ether oxygens (including phenoxy) is 2. The molecule has 1 aliphatic rings. The second-order valence-electron chi connectivity index (χ2n) is 3.94. The average molecular weight is 223 g/mol. The van der Waals surface area contributed by atoms with Crippen LogP contribution in [0, 0.1) is 5.41 Å². The minimum absolute atomic E-state index is 0.0370. The molecule has 0 aromatic rings. The van der Waals surface area contributed by atoms with Crippen molar-refractivity contribution in [2.75, 3.05) is 11.9 Å². The molecule has 0 N–H and O–H groups in total. The molecule has 1 rings (SSSR count). The number of hydrogen-bond donors (Lipinski definition) is 0. The molecule has 2 nitrogen and oxygen atoms in total. The van der Waals surface area contributed by atoms with Gasteiger partial charge >= 0.3 is 0 Å². The van der Waals surface area contributed by atoms with Gasteiger partial charge in [-0.05, 0) is 0 Å². The minimum atomic E-state index is -0.0370. The van der Waals surface area contributed by atoms with E-state index in [1.165, 1.54) is 0 Å². The molecule has 1 aliphatic heterocycles. The van der Waals surface area contributed by atoms with Gasteiger partial charge in [-0.25, -0.2) is 0 Å². The van der Waals surface area contributed by atoms with E-state index in [0.717, 1.165) is 5.33 Å². The van der Waals surface area contributed by atoms with Crippen molar-refractivity contribution in [3.63, 3.8) is 0 Å². The molecule has 0 bridgehead atoms. The summed E-state index contributed by atoms with van der Waals surface area (Å²) in [6.07, 6.45) is 0.198. The number of rotatable bonds is 1. The lowest BCUT2D eigenvalue weighted by atomic mass is 9.96. The van der Waals surface area contributed by atoms with Gasteiger partial charge in [0.05, 0.1) is 12.7 Å². The second-order valence-corrected chi connectivity index (χ2v) is 4.59. The molecule has 2 unspecified atom stereocenters. The normalized spacial score (nSPS) is 32.7. The van der Waals surface area contributed by atoms with Crippen LogP contribution in [-0.4, -0.2) is 24.3 Å². The lowest BCUT2D eigenvalue weighted by molar-refractivity contribution is -0.121. The molecule has 0 saturated carbocycles. The van der Waals surface area contributed by atoms with Crippen LogP contribution in [0.1, 0.15) is 20.8 Å². The van der Waals surface area contributed by atoms with Crippen LogP contribution in [0.2, 0.25) is 0 Å². The van der Waals surface area contributed by atoms with E-state index in [4.69, 9.17) is 9.47 Å². The van der Waals surface area contributed by atoms with Gasteiger partial charge in [0.2, 0.25) is 0 Å². The fourth-order valence-electron chi connectivity index (χ4n) is 0.983. The molecule has 0 amide bonds. The fourth-order valence-corrected chi connectivity index (χ4v) is 1.32. The SMILES string of the molecule is CC(C)(C)C1OCC(CBr)O1. The molecule has 1 heterocycles. The van der Waals surface area contributed by atoms with Gasteiger partial charge in [-0.3, -0.25) is 0 Å². The summed E-state index contributed by atoms with van der Waals surface area (Å²) in [5.74, 6) is 0. The Kier molecular flexibility index (Phi) is 2.95. The Morgan fingerprint density at radius 2 is 2.09 bits per heavy atom. The highest BCUT2D eigenvalue weighted by Gasteiger charge is 2.34. The van der Waals surface area contributed by atoms with Crippen LogP contribution in [0.15, 0.2) is 0 Å². The monoisotopic (exact) mass is 222 g/mol. The smallest absolute Gasteiger partial charge is 0.162 e. The zero-order valence-corrected chi connectivity index (χ0v) is 8.85. The largest absolute Gasteiger partial charge is 0.349 e. The van der Waals surface area contributed by atoms with Crippen molar-refractivity contribution in [3.8, 4) is 0 Å². The van der Waals surface area contributed by atoms with Gasteiger partial charge in [0, 0.05) is 10.7 Å². The van der Waals surface area contributed by atoms with E-state index >= 15 is 0 Å². The zero-order valence-electron chi connectivity index (χ0n) is 7.26. The van der Waals surface area contributed by atoms with Gasteiger partial charge in [-0.15, -0.1) is 0 Å². The summed E-state index contributed by atoms with van der Waals surface area (Å²) in [5.41, 5.74) is 0.0942. The van der Waals surface area contributed by atoms with Crippen LogP contribution in [0.4, 0.5) is 0 Å². The van der Waals surface area contributed by atoms with Crippen molar-refractivity contribution < 1.29 is 9.47 Å².